The summed E-state index contributed by atoms with van der Waals surface area (Å²) in [6.07, 6.45) is 0. The van der Waals surface area contributed by atoms with Crippen LogP contribution in [0.3, 0.4) is 0 Å². The summed E-state index contributed by atoms with van der Waals surface area (Å²) in [5.41, 5.74) is 2.60. The Bertz CT molecular complexity index is 1160. The van der Waals surface area contributed by atoms with Crippen molar-refractivity contribution < 1.29 is 18.0 Å². The van der Waals surface area contributed by atoms with Crippen LogP contribution < -0.4 is 15.8 Å². The lowest BCUT2D eigenvalue weighted by Gasteiger charge is -2.11. The van der Waals surface area contributed by atoms with E-state index in [1.165, 1.54) is 24.3 Å². The fraction of sp³-hybridized carbons (Fsp3) is 0.0476. The Morgan fingerprint density at radius 2 is 1.41 bits per heavy atom. The normalized spacial score (nSPS) is 11.0. The number of anilines is 2. The molecule has 0 saturated heterocycles. The molecule has 3 aromatic carbocycles. The maximum atomic E-state index is 12.5. The molecule has 0 spiro atoms. The number of hydrogen-bond donors (Lipinski definition) is 3. The van der Waals surface area contributed by atoms with E-state index in [0.29, 0.717) is 22.5 Å². The molecule has 0 aliphatic rings. The zero-order valence-corrected chi connectivity index (χ0v) is 16.4. The number of nitrogens with two attached hydrogens (primary N) is 1. The second-order valence-corrected chi connectivity index (χ2v) is 7.93. The number of primary sulfonamides is 1. The monoisotopic (exact) mass is 409 g/mol. The highest BCUT2D eigenvalue weighted by atomic mass is 32.2. The minimum absolute atomic E-state index is 0.0447. The van der Waals surface area contributed by atoms with Gasteiger partial charge in [-0.2, -0.15) is 0 Å². The van der Waals surface area contributed by atoms with Crippen molar-refractivity contribution in [1.82, 2.24) is 0 Å². The van der Waals surface area contributed by atoms with Gasteiger partial charge in [0.15, 0.2) is 0 Å². The first-order chi connectivity index (χ1) is 13.7. The van der Waals surface area contributed by atoms with Gasteiger partial charge in [-0.25, -0.2) is 13.6 Å². The summed E-state index contributed by atoms with van der Waals surface area (Å²) in [5, 5.41) is 10.6. The number of carbonyl (C=O) groups excluding carboxylic acids is 2. The highest BCUT2D eigenvalue weighted by molar-refractivity contribution is 7.89. The molecule has 0 unspecified atom stereocenters. The predicted molar refractivity (Wildman–Crippen MR) is 111 cm³/mol. The third-order valence-corrected chi connectivity index (χ3v) is 5.15. The summed E-state index contributed by atoms with van der Waals surface area (Å²) in [4.78, 5) is 24.9. The Balaban J connectivity index is 1.76. The van der Waals surface area contributed by atoms with Crippen LogP contribution in [0.1, 0.15) is 26.3 Å². The van der Waals surface area contributed by atoms with Gasteiger partial charge < -0.3 is 10.6 Å². The van der Waals surface area contributed by atoms with Gasteiger partial charge in [-0.1, -0.05) is 24.3 Å². The second kappa shape index (κ2) is 8.26. The smallest absolute Gasteiger partial charge is 0.255 e. The number of sulfonamides is 1. The van der Waals surface area contributed by atoms with Gasteiger partial charge in [-0.15, -0.1) is 0 Å². The molecule has 0 bridgehead atoms. The molecule has 0 radical (unpaired) electrons. The van der Waals surface area contributed by atoms with E-state index in [1.54, 1.807) is 42.5 Å². The topological polar surface area (TPSA) is 118 Å². The number of nitrogens with one attached hydrogen (secondary N) is 2. The Morgan fingerprint density at radius 1 is 0.793 bits per heavy atom. The summed E-state index contributed by atoms with van der Waals surface area (Å²) in [6.45, 7) is 1.83. The number of rotatable bonds is 5. The van der Waals surface area contributed by atoms with Crippen LogP contribution in [0.15, 0.2) is 77.7 Å². The molecular formula is C21H19N3O4S. The maximum Gasteiger partial charge on any atom is 0.255 e. The molecule has 29 heavy (non-hydrogen) atoms. The third-order valence-electron chi connectivity index (χ3n) is 4.22. The number of hydrogen-bond acceptors (Lipinski definition) is 4. The Morgan fingerprint density at radius 3 is 2.03 bits per heavy atom. The van der Waals surface area contributed by atoms with Crippen molar-refractivity contribution in [2.75, 3.05) is 10.6 Å². The predicted octanol–water partition coefficient (Wildman–Crippen LogP) is 3.15. The molecule has 0 heterocycles. The van der Waals surface area contributed by atoms with Crippen molar-refractivity contribution >= 4 is 33.2 Å². The van der Waals surface area contributed by atoms with E-state index in [9.17, 15) is 18.0 Å². The fourth-order valence-corrected chi connectivity index (χ4v) is 3.13. The fourth-order valence-electron chi connectivity index (χ4n) is 2.61. The molecule has 148 valence electrons. The van der Waals surface area contributed by atoms with Crippen molar-refractivity contribution in [3.8, 4) is 0 Å². The van der Waals surface area contributed by atoms with E-state index in [1.807, 2.05) is 13.0 Å². The van der Waals surface area contributed by atoms with Crippen LogP contribution in [-0.4, -0.2) is 20.2 Å². The zero-order valence-electron chi connectivity index (χ0n) is 15.5. The molecule has 8 heteroatoms. The lowest BCUT2D eigenvalue weighted by Crippen LogP contribution is -2.16. The molecule has 3 rings (SSSR count). The Kier molecular flexibility index (Phi) is 5.76. The number of benzene rings is 3. The molecule has 0 saturated carbocycles. The van der Waals surface area contributed by atoms with Crippen molar-refractivity contribution in [3.05, 3.63) is 89.5 Å². The number of carbonyl (C=O) groups is 2. The SMILES string of the molecule is Cc1ccc(C(=O)Nc2ccc(S(N)(=O)=O)cc2)cc1NC(=O)c1ccccc1. The van der Waals surface area contributed by atoms with Crippen LogP contribution in [-0.2, 0) is 10.0 Å². The summed E-state index contributed by atoms with van der Waals surface area (Å²) < 4.78 is 22.6. The van der Waals surface area contributed by atoms with Gasteiger partial charge in [0.1, 0.15) is 0 Å². The van der Waals surface area contributed by atoms with Gasteiger partial charge in [-0.05, 0) is 61.0 Å². The maximum absolute atomic E-state index is 12.5. The van der Waals surface area contributed by atoms with E-state index in [-0.39, 0.29) is 10.8 Å². The van der Waals surface area contributed by atoms with Crippen LogP contribution in [0, 0.1) is 6.92 Å². The van der Waals surface area contributed by atoms with Crippen LogP contribution in [0.4, 0.5) is 11.4 Å². The Labute approximate surface area is 168 Å². The zero-order chi connectivity index (χ0) is 21.0. The first-order valence-corrected chi connectivity index (χ1v) is 10.2. The van der Waals surface area contributed by atoms with Crippen molar-refractivity contribution in [3.63, 3.8) is 0 Å². The van der Waals surface area contributed by atoms with E-state index in [0.717, 1.165) is 5.56 Å². The number of aryl methyl sites for hydroxylation is 1. The van der Waals surface area contributed by atoms with E-state index >= 15 is 0 Å². The van der Waals surface area contributed by atoms with Gasteiger partial charge in [0.2, 0.25) is 10.0 Å². The highest BCUT2D eigenvalue weighted by Gasteiger charge is 2.13. The van der Waals surface area contributed by atoms with Gasteiger partial charge in [0.25, 0.3) is 11.8 Å². The quantitative estimate of drug-likeness (QED) is 0.600. The molecule has 7 nitrogen and oxygen atoms in total. The van der Waals surface area contributed by atoms with Crippen molar-refractivity contribution in [1.29, 1.82) is 0 Å². The molecule has 0 aliphatic carbocycles. The first-order valence-electron chi connectivity index (χ1n) is 8.65. The summed E-state index contributed by atoms with van der Waals surface area (Å²) in [6, 6.07) is 19.2. The van der Waals surface area contributed by atoms with Gasteiger partial charge in [0, 0.05) is 22.5 Å². The lowest BCUT2D eigenvalue weighted by molar-refractivity contribution is 0.101. The molecule has 0 atom stereocenters. The molecule has 3 aromatic rings. The van der Waals surface area contributed by atoms with Crippen LogP contribution in [0.5, 0.6) is 0 Å². The van der Waals surface area contributed by atoms with E-state index < -0.39 is 15.9 Å². The third kappa shape index (κ3) is 5.07. The lowest BCUT2D eigenvalue weighted by atomic mass is 10.1. The molecule has 2 amide bonds. The first kappa shape index (κ1) is 20.2. The summed E-state index contributed by atoms with van der Waals surface area (Å²) in [7, 11) is -3.80. The van der Waals surface area contributed by atoms with Gasteiger partial charge in [-0.3, -0.25) is 9.59 Å². The minimum Gasteiger partial charge on any atom is -0.322 e. The molecular weight excluding hydrogens is 390 g/mol. The van der Waals surface area contributed by atoms with Crippen LogP contribution in [0.2, 0.25) is 0 Å². The number of amides is 2. The highest BCUT2D eigenvalue weighted by Crippen LogP contribution is 2.20. The van der Waals surface area contributed by atoms with E-state index in [4.69, 9.17) is 5.14 Å². The molecule has 4 N–H and O–H groups in total. The average molecular weight is 409 g/mol. The van der Waals surface area contributed by atoms with Crippen molar-refractivity contribution in [2.24, 2.45) is 5.14 Å². The van der Waals surface area contributed by atoms with Gasteiger partial charge in [0.05, 0.1) is 4.90 Å². The second-order valence-electron chi connectivity index (χ2n) is 6.37. The molecule has 0 aliphatic heterocycles. The van der Waals surface area contributed by atoms with E-state index in [2.05, 4.69) is 10.6 Å². The standard InChI is InChI=1S/C21H19N3O4S/c1-14-7-8-16(13-19(14)24-20(25)15-5-3-2-4-6-15)21(26)23-17-9-11-18(12-10-17)29(22,27)28/h2-13H,1H3,(H,23,26)(H,24,25)(H2,22,27,28). The summed E-state index contributed by atoms with van der Waals surface area (Å²) >= 11 is 0. The van der Waals surface area contributed by atoms with Crippen LogP contribution >= 0.6 is 0 Å². The van der Waals surface area contributed by atoms with Gasteiger partial charge >= 0.3 is 0 Å². The van der Waals surface area contributed by atoms with Crippen molar-refractivity contribution in [2.45, 2.75) is 11.8 Å². The summed E-state index contributed by atoms with van der Waals surface area (Å²) in [5.74, 6) is -0.673. The molecule has 0 aromatic heterocycles. The Hall–Kier alpha value is -3.49. The average Bonchev–Trinajstić information content (AvgIpc) is 2.70. The van der Waals surface area contributed by atoms with Crippen LogP contribution in [0.25, 0.3) is 0 Å². The minimum atomic E-state index is -3.80. The largest absolute Gasteiger partial charge is 0.322 e. The molecule has 0 fully saturated rings.